The van der Waals surface area contributed by atoms with Gasteiger partial charge in [-0.05, 0) is 33.0 Å². The molecule has 0 atom stereocenters. The van der Waals surface area contributed by atoms with Gasteiger partial charge in [0, 0.05) is 11.5 Å². The fraction of sp³-hybridized carbons (Fsp3) is 0.412. The lowest BCUT2D eigenvalue weighted by molar-refractivity contribution is 0.590. The number of rotatable bonds is 2. The molecule has 20 heavy (non-hydrogen) atoms. The minimum atomic E-state index is 0.174. The Hall–Kier alpha value is -1.22. The zero-order chi connectivity index (χ0) is 14.9. The molecule has 0 N–H and O–H groups in total. The smallest absolute Gasteiger partial charge is 0.132 e. The molecule has 0 radical (unpaired) electrons. The van der Waals surface area contributed by atoms with E-state index in [1.807, 2.05) is 6.07 Å². The quantitative estimate of drug-likeness (QED) is 0.695. The third-order valence-electron chi connectivity index (χ3n) is 3.28. The molecule has 3 heteroatoms. The lowest BCUT2D eigenvalue weighted by atomic mass is 9.86. The van der Waals surface area contributed by atoms with Crippen LogP contribution in [0.15, 0.2) is 34.9 Å². The molecule has 0 bridgehead atoms. The highest BCUT2D eigenvalue weighted by Gasteiger charge is 2.14. The first-order valence-corrected chi connectivity index (χ1v) is 7.72. The van der Waals surface area contributed by atoms with Gasteiger partial charge in [-0.15, -0.1) is 0 Å². The molecule has 1 aromatic carbocycles. The van der Waals surface area contributed by atoms with Crippen LogP contribution in [-0.2, 0) is 5.41 Å². The van der Waals surface area contributed by atoms with E-state index in [9.17, 15) is 0 Å². The molecule has 2 aromatic rings. The van der Waals surface area contributed by atoms with Gasteiger partial charge in [-0.25, -0.2) is 9.97 Å². The summed E-state index contributed by atoms with van der Waals surface area (Å²) in [7, 11) is 0. The van der Waals surface area contributed by atoms with Gasteiger partial charge in [-0.3, -0.25) is 0 Å². The van der Waals surface area contributed by atoms with Gasteiger partial charge in [0.2, 0.25) is 0 Å². The number of benzene rings is 1. The fourth-order valence-corrected chi connectivity index (χ4v) is 2.38. The second kappa shape index (κ2) is 5.65. The van der Waals surface area contributed by atoms with E-state index in [0.29, 0.717) is 5.92 Å². The Morgan fingerprint density at radius 1 is 1.00 bits per heavy atom. The molecular weight excluding hydrogens is 312 g/mol. The molecule has 0 spiro atoms. The normalized spacial score (nSPS) is 11.9. The SMILES string of the molecule is CC(C)c1nc(Br)cc(-c2ccc(C(C)(C)C)cc2)n1. The van der Waals surface area contributed by atoms with Crippen molar-refractivity contribution in [3.63, 3.8) is 0 Å². The van der Waals surface area contributed by atoms with Crippen molar-refractivity contribution in [3.8, 4) is 11.3 Å². The number of hydrogen-bond acceptors (Lipinski definition) is 2. The summed E-state index contributed by atoms with van der Waals surface area (Å²) in [4.78, 5) is 9.08. The summed E-state index contributed by atoms with van der Waals surface area (Å²) in [5, 5.41) is 0. The summed E-state index contributed by atoms with van der Waals surface area (Å²) in [5.41, 5.74) is 3.60. The van der Waals surface area contributed by atoms with Crippen molar-refractivity contribution in [2.75, 3.05) is 0 Å². The van der Waals surface area contributed by atoms with Gasteiger partial charge in [0.05, 0.1) is 5.69 Å². The molecule has 1 aromatic heterocycles. The van der Waals surface area contributed by atoms with Gasteiger partial charge in [0.25, 0.3) is 0 Å². The van der Waals surface area contributed by atoms with E-state index in [2.05, 4.69) is 84.8 Å². The van der Waals surface area contributed by atoms with Crippen LogP contribution < -0.4 is 0 Å². The predicted octanol–water partition coefficient (Wildman–Crippen LogP) is 5.33. The van der Waals surface area contributed by atoms with Crippen LogP contribution >= 0.6 is 15.9 Å². The molecule has 2 rings (SSSR count). The largest absolute Gasteiger partial charge is 0.233 e. The molecule has 0 saturated heterocycles. The van der Waals surface area contributed by atoms with Crippen LogP contribution in [0.1, 0.15) is 51.9 Å². The maximum absolute atomic E-state index is 4.65. The van der Waals surface area contributed by atoms with Crippen molar-refractivity contribution in [2.24, 2.45) is 0 Å². The van der Waals surface area contributed by atoms with Crippen LogP contribution in [0, 0.1) is 0 Å². The second-order valence-electron chi connectivity index (χ2n) is 6.42. The van der Waals surface area contributed by atoms with Crippen LogP contribution in [0.3, 0.4) is 0 Å². The lowest BCUT2D eigenvalue weighted by Crippen LogP contribution is -2.10. The van der Waals surface area contributed by atoms with Gasteiger partial charge < -0.3 is 0 Å². The monoisotopic (exact) mass is 332 g/mol. The summed E-state index contributed by atoms with van der Waals surface area (Å²) in [5.74, 6) is 1.19. The first kappa shape index (κ1) is 15.2. The number of halogens is 1. The average Bonchev–Trinajstić information content (AvgIpc) is 2.37. The van der Waals surface area contributed by atoms with Crippen molar-refractivity contribution in [1.29, 1.82) is 0 Å². The van der Waals surface area contributed by atoms with Crippen molar-refractivity contribution in [1.82, 2.24) is 9.97 Å². The molecule has 106 valence electrons. The van der Waals surface area contributed by atoms with E-state index in [4.69, 9.17) is 0 Å². The first-order valence-electron chi connectivity index (χ1n) is 6.93. The molecule has 0 aliphatic heterocycles. The van der Waals surface area contributed by atoms with Gasteiger partial charge in [-0.2, -0.15) is 0 Å². The van der Waals surface area contributed by atoms with Crippen LogP contribution in [0.4, 0.5) is 0 Å². The van der Waals surface area contributed by atoms with Gasteiger partial charge in [0.15, 0.2) is 0 Å². The highest BCUT2D eigenvalue weighted by molar-refractivity contribution is 9.10. The van der Waals surface area contributed by atoms with Crippen LogP contribution in [-0.4, -0.2) is 9.97 Å². The molecule has 0 aliphatic carbocycles. The highest BCUT2D eigenvalue weighted by atomic mass is 79.9. The second-order valence-corrected chi connectivity index (χ2v) is 7.23. The maximum Gasteiger partial charge on any atom is 0.132 e. The van der Waals surface area contributed by atoms with Crippen molar-refractivity contribution < 1.29 is 0 Å². The van der Waals surface area contributed by atoms with Crippen LogP contribution in [0.5, 0.6) is 0 Å². The molecule has 2 nitrogen and oxygen atoms in total. The number of hydrogen-bond donors (Lipinski definition) is 0. The topological polar surface area (TPSA) is 25.8 Å². The molecule has 0 fully saturated rings. The van der Waals surface area contributed by atoms with Gasteiger partial charge in [-0.1, -0.05) is 58.9 Å². The third-order valence-corrected chi connectivity index (χ3v) is 3.68. The van der Waals surface area contributed by atoms with E-state index in [-0.39, 0.29) is 5.41 Å². The molecule has 0 saturated carbocycles. The van der Waals surface area contributed by atoms with E-state index < -0.39 is 0 Å². The maximum atomic E-state index is 4.65. The molecule has 0 aliphatic rings. The third kappa shape index (κ3) is 3.45. The summed E-state index contributed by atoms with van der Waals surface area (Å²) >= 11 is 3.47. The lowest BCUT2D eigenvalue weighted by Gasteiger charge is -2.19. The van der Waals surface area contributed by atoms with Crippen molar-refractivity contribution in [3.05, 3.63) is 46.3 Å². The Labute approximate surface area is 129 Å². The average molecular weight is 333 g/mol. The summed E-state index contributed by atoms with van der Waals surface area (Å²) in [6.45, 7) is 10.9. The first-order chi connectivity index (χ1) is 9.27. The van der Waals surface area contributed by atoms with E-state index in [0.717, 1.165) is 21.7 Å². The van der Waals surface area contributed by atoms with Crippen LogP contribution in [0.25, 0.3) is 11.3 Å². The molecule has 0 unspecified atom stereocenters. The Bertz CT molecular complexity index is 595. The zero-order valence-electron chi connectivity index (χ0n) is 12.7. The van der Waals surface area contributed by atoms with Crippen LogP contribution in [0.2, 0.25) is 0 Å². The molecular formula is C17H21BrN2. The highest BCUT2D eigenvalue weighted by Crippen LogP contribution is 2.27. The van der Waals surface area contributed by atoms with E-state index in [1.54, 1.807) is 0 Å². The number of aromatic nitrogens is 2. The minimum absolute atomic E-state index is 0.174. The van der Waals surface area contributed by atoms with E-state index >= 15 is 0 Å². The summed E-state index contributed by atoms with van der Waals surface area (Å²) in [6.07, 6.45) is 0. The Morgan fingerprint density at radius 3 is 2.10 bits per heavy atom. The Balaban J connectivity index is 2.41. The molecule has 1 heterocycles. The summed E-state index contributed by atoms with van der Waals surface area (Å²) < 4.78 is 0.839. The minimum Gasteiger partial charge on any atom is -0.233 e. The molecule has 0 amide bonds. The Morgan fingerprint density at radius 2 is 1.60 bits per heavy atom. The Kier molecular flexibility index (Phi) is 4.28. The van der Waals surface area contributed by atoms with Crippen molar-refractivity contribution >= 4 is 15.9 Å². The predicted molar refractivity (Wildman–Crippen MR) is 88.0 cm³/mol. The summed E-state index contributed by atoms with van der Waals surface area (Å²) in [6, 6.07) is 10.6. The van der Waals surface area contributed by atoms with Gasteiger partial charge >= 0.3 is 0 Å². The van der Waals surface area contributed by atoms with E-state index in [1.165, 1.54) is 5.56 Å². The standard InChI is InChI=1S/C17H21BrN2/c1-11(2)16-19-14(10-15(18)20-16)12-6-8-13(9-7-12)17(3,4)5/h6-11H,1-5H3. The zero-order valence-corrected chi connectivity index (χ0v) is 14.3. The van der Waals surface area contributed by atoms with Gasteiger partial charge in [0.1, 0.15) is 10.4 Å². The van der Waals surface area contributed by atoms with Crippen molar-refractivity contribution in [2.45, 2.75) is 46.0 Å². The fourth-order valence-electron chi connectivity index (χ4n) is 1.98. The number of nitrogens with zero attached hydrogens (tertiary/aromatic N) is 2.